The number of ether oxygens (including phenoxy) is 1. The number of pyridine rings is 2. The molecule has 0 saturated carbocycles. The fourth-order valence-corrected chi connectivity index (χ4v) is 2.76. The van der Waals surface area contributed by atoms with E-state index in [1.54, 1.807) is 6.20 Å². The molecule has 0 aliphatic carbocycles. The van der Waals surface area contributed by atoms with Gasteiger partial charge in [-0.3, -0.25) is 9.97 Å². The van der Waals surface area contributed by atoms with E-state index in [-0.39, 0.29) is 6.23 Å². The maximum Gasteiger partial charge on any atom is 0.150 e. The van der Waals surface area contributed by atoms with E-state index in [9.17, 15) is 0 Å². The number of aromatic nitrogens is 4. The van der Waals surface area contributed by atoms with E-state index >= 15 is 0 Å². The predicted molar refractivity (Wildman–Crippen MR) is 79.6 cm³/mol. The van der Waals surface area contributed by atoms with E-state index in [0.29, 0.717) is 0 Å². The van der Waals surface area contributed by atoms with Gasteiger partial charge in [0, 0.05) is 30.0 Å². The number of nitrogens with zero attached hydrogens (tertiary/aromatic N) is 4. The molecule has 3 aromatic rings. The van der Waals surface area contributed by atoms with E-state index in [2.05, 4.69) is 21.1 Å². The summed E-state index contributed by atoms with van der Waals surface area (Å²) in [6.07, 6.45) is 10.7. The standard InChI is InChI=1S/C16H16N4O/c1-2-7-21-16(5-1)20-15-11-18-14(8-13(15)10-19-20)12-4-3-6-17-9-12/h3-4,6,8-11,16H,1-2,5,7H2. The molecule has 0 aromatic carbocycles. The molecule has 1 fully saturated rings. The average Bonchev–Trinajstić information content (AvgIpc) is 2.99. The molecule has 3 aromatic heterocycles. The molecule has 1 aliphatic heterocycles. The Kier molecular flexibility index (Phi) is 3.12. The summed E-state index contributed by atoms with van der Waals surface area (Å²) in [5.41, 5.74) is 2.95. The summed E-state index contributed by atoms with van der Waals surface area (Å²) in [7, 11) is 0. The second-order valence-electron chi connectivity index (χ2n) is 5.28. The minimum Gasteiger partial charge on any atom is -0.356 e. The lowest BCUT2D eigenvalue weighted by molar-refractivity contribution is -0.0367. The van der Waals surface area contributed by atoms with Crippen molar-refractivity contribution < 1.29 is 4.74 Å². The van der Waals surface area contributed by atoms with Gasteiger partial charge in [0.15, 0.2) is 6.23 Å². The Morgan fingerprint density at radius 3 is 3.00 bits per heavy atom. The number of hydrogen-bond donors (Lipinski definition) is 0. The number of fused-ring (bicyclic) bond motifs is 1. The summed E-state index contributed by atoms with van der Waals surface area (Å²) >= 11 is 0. The normalized spacial score (nSPS) is 19.0. The Balaban J connectivity index is 1.73. The van der Waals surface area contributed by atoms with Crippen LogP contribution in [-0.4, -0.2) is 26.4 Å². The molecule has 4 heterocycles. The molecule has 21 heavy (non-hydrogen) atoms. The van der Waals surface area contributed by atoms with Gasteiger partial charge >= 0.3 is 0 Å². The summed E-state index contributed by atoms with van der Waals surface area (Å²) in [4.78, 5) is 8.69. The van der Waals surface area contributed by atoms with Crippen LogP contribution in [0.15, 0.2) is 43.0 Å². The maximum atomic E-state index is 5.81. The largest absolute Gasteiger partial charge is 0.356 e. The van der Waals surface area contributed by atoms with Crippen molar-refractivity contribution in [3.63, 3.8) is 0 Å². The lowest BCUT2D eigenvalue weighted by Gasteiger charge is -2.23. The van der Waals surface area contributed by atoms with Crippen LogP contribution < -0.4 is 0 Å². The van der Waals surface area contributed by atoms with Crippen molar-refractivity contribution in [3.05, 3.63) is 43.0 Å². The van der Waals surface area contributed by atoms with Gasteiger partial charge in [0.05, 0.1) is 23.6 Å². The Hall–Kier alpha value is -2.27. The minimum absolute atomic E-state index is 0.0438. The lowest BCUT2D eigenvalue weighted by atomic mass is 10.1. The van der Waals surface area contributed by atoms with Crippen molar-refractivity contribution >= 4 is 10.9 Å². The molecule has 0 radical (unpaired) electrons. The molecule has 106 valence electrons. The zero-order chi connectivity index (χ0) is 14.1. The Morgan fingerprint density at radius 2 is 2.19 bits per heavy atom. The zero-order valence-corrected chi connectivity index (χ0v) is 11.6. The third kappa shape index (κ3) is 2.29. The van der Waals surface area contributed by atoms with Crippen LogP contribution in [0.3, 0.4) is 0 Å². The first-order chi connectivity index (χ1) is 10.4. The second-order valence-corrected chi connectivity index (χ2v) is 5.28. The first-order valence-electron chi connectivity index (χ1n) is 7.27. The van der Waals surface area contributed by atoms with Crippen LogP contribution in [0.4, 0.5) is 0 Å². The van der Waals surface area contributed by atoms with Crippen molar-refractivity contribution in [2.45, 2.75) is 25.5 Å². The highest BCUT2D eigenvalue weighted by atomic mass is 16.5. The predicted octanol–water partition coefficient (Wildman–Crippen LogP) is 3.19. The van der Waals surface area contributed by atoms with Crippen molar-refractivity contribution in [2.24, 2.45) is 0 Å². The molecule has 5 heteroatoms. The fraction of sp³-hybridized carbons (Fsp3) is 0.312. The van der Waals surface area contributed by atoms with Gasteiger partial charge in [0.1, 0.15) is 0 Å². The van der Waals surface area contributed by atoms with Gasteiger partial charge < -0.3 is 4.74 Å². The van der Waals surface area contributed by atoms with Crippen molar-refractivity contribution in [1.82, 2.24) is 19.7 Å². The molecule has 0 spiro atoms. The van der Waals surface area contributed by atoms with E-state index in [0.717, 1.165) is 41.6 Å². The summed E-state index contributed by atoms with van der Waals surface area (Å²) in [6, 6.07) is 5.98. The van der Waals surface area contributed by atoms with Crippen molar-refractivity contribution in [3.8, 4) is 11.3 Å². The lowest BCUT2D eigenvalue weighted by Crippen LogP contribution is -2.18. The Bertz CT molecular complexity index is 747. The number of hydrogen-bond acceptors (Lipinski definition) is 4. The molecule has 1 unspecified atom stereocenters. The van der Waals surface area contributed by atoms with Gasteiger partial charge in [0.25, 0.3) is 0 Å². The highest BCUT2D eigenvalue weighted by Crippen LogP contribution is 2.27. The molecule has 1 saturated heterocycles. The highest BCUT2D eigenvalue weighted by molar-refractivity contribution is 5.82. The van der Waals surface area contributed by atoms with Gasteiger partial charge in [0.2, 0.25) is 0 Å². The van der Waals surface area contributed by atoms with Crippen LogP contribution in [0.2, 0.25) is 0 Å². The molecule has 0 bridgehead atoms. The molecule has 0 amide bonds. The summed E-state index contributed by atoms with van der Waals surface area (Å²) in [5.74, 6) is 0. The zero-order valence-electron chi connectivity index (χ0n) is 11.6. The molecule has 4 rings (SSSR count). The first-order valence-corrected chi connectivity index (χ1v) is 7.27. The Labute approximate surface area is 122 Å². The number of rotatable bonds is 2. The van der Waals surface area contributed by atoms with Gasteiger partial charge in [-0.05, 0) is 37.5 Å². The van der Waals surface area contributed by atoms with Gasteiger partial charge in [-0.1, -0.05) is 0 Å². The highest BCUT2D eigenvalue weighted by Gasteiger charge is 2.18. The van der Waals surface area contributed by atoms with Gasteiger partial charge in [-0.15, -0.1) is 0 Å². The molecule has 1 aliphatic rings. The van der Waals surface area contributed by atoms with Gasteiger partial charge in [-0.25, -0.2) is 4.68 Å². The third-order valence-corrected chi connectivity index (χ3v) is 3.87. The van der Waals surface area contributed by atoms with Gasteiger partial charge in [-0.2, -0.15) is 5.10 Å². The van der Waals surface area contributed by atoms with Crippen LogP contribution >= 0.6 is 0 Å². The summed E-state index contributed by atoms with van der Waals surface area (Å²) in [6.45, 7) is 0.813. The smallest absolute Gasteiger partial charge is 0.150 e. The minimum atomic E-state index is 0.0438. The first kappa shape index (κ1) is 12.5. The fourth-order valence-electron chi connectivity index (χ4n) is 2.76. The van der Waals surface area contributed by atoms with E-state index in [1.165, 1.54) is 6.42 Å². The van der Waals surface area contributed by atoms with Crippen LogP contribution in [0, 0.1) is 0 Å². The molecule has 1 atom stereocenters. The summed E-state index contributed by atoms with van der Waals surface area (Å²) in [5, 5.41) is 5.57. The molecule has 5 nitrogen and oxygen atoms in total. The topological polar surface area (TPSA) is 52.8 Å². The van der Waals surface area contributed by atoms with Crippen LogP contribution in [0.5, 0.6) is 0 Å². The molecule has 0 N–H and O–H groups in total. The van der Waals surface area contributed by atoms with E-state index < -0.39 is 0 Å². The quantitative estimate of drug-likeness (QED) is 0.723. The second kappa shape index (κ2) is 5.26. The van der Waals surface area contributed by atoms with E-state index in [4.69, 9.17) is 4.74 Å². The summed E-state index contributed by atoms with van der Waals surface area (Å²) < 4.78 is 7.76. The average molecular weight is 280 g/mol. The molecular weight excluding hydrogens is 264 g/mol. The van der Waals surface area contributed by atoms with E-state index in [1.807, 2.05) is 35.4 Å². The maximum absolute atomic E-state index is 5.81. The monoisotopic (exact) mass is 280 g/mol. The third-order valence-electron chi connectivity index (χ3n) is 3.87. The van der Waals surface area contributed by atoms with Crippen LogP contribution in [-0.2, 0) is 4.74 Å². The Morgan fingerprint density at radius 1 is 1.19 bits per heavy atom. The molecular formula is C16H16N4O. The van der Waals surface area contributed by atoms with Crippen LogP contribution in [0.1, 0.15) is 25.5 Å². The SMILES string of the molecule is c1cncc(-c2cc3cnn(C4CCCCO4)c3cn2)c1. The van der Waals surface area contributed by atoms with Crippen molar-refractivity contribution in [1.29, 1.82) is 0 Å². The van der Waals surface area contributed by atoms with Crippen LogP contribution in [0.25, 0.3) is 22.2 Å². The van der Waals surface area contributed by atoms with Crippen molar-refractivity contribution in [2.75, 3.05) is 6.61 Å².